The number of amides is 2. The summed E-state index contributed by atoms with van der Waals surface area (Å²) in [5.74, 6) is -2.64. The highest BCUT2D eigenvalue weighted by atomic mass is 32.2. The number of rotatable bonds is 12. The maximum absolute atomic E-state index is 13.9. The van der Waals surface area contributed by atoms with Crippen molar-refractivity contribution in [3.05, 3.63) is 59.7 Å². The SMILES string of the molecule is CC[C@H](C(=O)NCC(C)C)N(Cc1ccc(OC)cc1)C(=O)CN(c1ccc(F)c(F)c1)S(C)(=O)=O. The second kappa shape index (κ2) is 12.7. The molecule has 0 saturated heterocycles. The van der Waals surface area contributed by atoms with Gasteiger partial charge in [0.25, 0.3) is 0 Å². The first-order valence-electron chi connectivity index (χ1n) is 11.5. The van der Waals surface area contributed by atoms with Crippen LogP contribution in [-0.4, -0.2) is 57.6 Å². The molecule has 0 aliphatic heterocycles. The molecule has 0 saturated carbocycles. The van der Waals surface area contributed by atoms with Crippen LogP contribution in [0.25, 0.3) is 0 Å². The van der Waals surface area contributed by atoms with Crippen molar-refractivity contribution in [2.45, 2.75) is 39.8 Å². The minimum absolute atomic E-state index is 0.0197. The quantitative estimate of drug-likeness (QED) is 0.459. The summed E-state index contributed by atoms with van der Waals surface area (Å²) in [4.78, 5) is 27.8. The van der Waals surface area contributed by atoms with E-state index in [0.717, 1.165) is 18.4 Å². The van der Waals surface area contributed by atoms with Crippen molar-refractivity contribution < 1.29 is 31.5 Å². The molecule has 0 unspecified atom stereocenters. The molecule has 0 radical (unpaired) electrons. The number of nitrogens with zero attached hydrogens (tertiary/aromatic N) is 2. The molecular weight excluding hydrogens is 492 g/mol. The molecular formula is C25H33F2N3O5S. The van der Waals surface area contributed by atoms with Gasteiger partial charge in [0.2, 0.25) is 21.8 Å². The normalized spacial score (nSPS) is 12.2. The number of carbonyl (C=O) groups excluding carboxylic acids is 2. The molecule has 0 aromatic heterocycles. The van der Waals surface area contributed by atoms with Gasteiger partial charge < -0.3 is 15.0 Å². The number of sulfonamides is 1. The number of methoxy groups -OCH3 is 1. The average molecular weight is 526 g/mol. The smallest absolute Gasteiger partial charge is 0.244 e. The first-order chi connectivity index (χ1) is 16.9. The summed E-state index contributed by atoms with van der Waals surface area (Å²) >= 11 is 0. The van der Waals surface area contributed by atoms with E-state index in [9.17, 15) is 26.8 Å². The fourth-order valence-corrected chi connectivity index (χ4v) is 4.37. The summed E-state index contributed by atoms with van der Waals surface area (Å²) in [5, 5.41) is 2.83. The molecule has 0 aliphatic rings. The summed E-state index contributed by atoms with van der Waals surface area (Å²) in [6, 6.07) is 8.59. The van der Waals surface area contributed by atoms with Gasteiger partial charge >= 0.3 is 0 Å². The number of anilines is 1. The lowest BCUT2D eigenvalue weighted by Crippen LogP contribution is -2.52. The summed E-state index contributed by atoms with van der Waals surface area (Å²) in [6.45, 7) is 5.35. The van der Waals surface area contributed by atoms with Crippen molar-refractivity contribution in [1.29, 1.82) is 0 Å². The summed E-state index contributed by atoms with van der Waals surface area (Å²) in [7, 11) is -2.53. The van der Waals surface area contributed by atoms with Crippen LogP contribution in [0.4, 0.5) is 14.5 Å². The topological polar surface area (TPSA) is 96.0 Å². The highest BCUT2D eigenvalue weighted by Crippen LogP contribution is 2.22. The number of hydrogen-bond donors (Lipinski definition) is 1. The molecule has 36 heavy (non-hydrogen) atoms. The van der Waals surface area contributed by atoms with Crippen LogP contribution >= 0.6 is 0 Å². The van der Waals surface area contributed by atoms with E-state index in [-0.39, 0.29) is 30.5 Å². The van der Waals surface area contributed by atoms with Crippen molar-refractivity contribution >= 4 is 27.5 Å². The Morgan fingerprint density at radius 2 is 1.69 bits per heavy atom. The lowest BCUT2D eigenvalue weighted by molar-refractivity contribution is -0.140. The fourth-order valence-electron chi connectivity index (χ4n) is 3.52. The van der Waals surface area contributed by atoms with Gasteiger partial charge in [-0.25, -0.2) is 17.2 Å². The minimum Gasteiger partial charge on any atom is -0.497 e. The Morgan fingerprint density at radius 1 is 1.06 bits per heavy atom. The largest absolute Gasteiger partial charge is 0.497 e. The average Bonchev–Trinajstić information content (AvgIpc) is 2.82. The number of nitrogens with one attached hydrogen (secondary N) is 1. The molecule has 2 aromatic carbocycles. The summed E-state index contributed by atoms with van der Waals surface area (Å²) < 4.78 is 58.2. The van der Waals surface area contributed by atoms with Gasteiger partial charge in [-0.3, -0.25) is 13.9 Å². The van der Waals surface area contributed by atoms with Crippen molar-refractivity contribution in [2.75, 3.05) is 30.8 Å². The van der Waals surface area contributed by atoms with Crippen LogP contribution < -0.4 is 14.4 Å². The second-order valence-corrected chi connectivity index (χ2v) is 10.7. The third kappa shape index (κ3) is 7.91. The Labute approximate surface area is 211 Å². The van der Waals surface area contributed by atoms with E-state index in [1.165, 1.54) is 12.0 Å². The lowest BCUT2D eigenvalue weighted by Gasteiger charge is -2.33. The van der Waals surface area contributed by atoms with Crippen molar-refractivity contribution in [3.8, 4) is 5.75 Å². The molecule has 2 amide bonds. The fraction of sp³-hybridized carbons (Fsp3) is 0.440. The van der Waals surface area contributed by atoms with Crippen LogP contribution in [0.3, 0.4) is 0 Å². The number of benzene rings is 2. The minimum atomic E-state index is -4.05. The van der Waals surface area contributed by atoms with Crippen LogP contribution in [0.2, 0.25) is 0 Å². The molecule has 0 bridgehead atoms. The van der Waals surface area contributed by atoms with E-state index in [4.69, 9.17) is 4.74 Å². The lowest BCUT2D eigenvalue weighted by atomic mass is 10.1. The van der Waals surface area contributed by atoms with E-state index in [1.54, 1.807) is 31.2 Å². The third-order valence-electron chi connectivity index (χ3n) is 5.45. The van der Waals surface area contributed by atoms with Crippen LogP contribution in [0.1, 0.15) is 32.8 Å². The van der Waals surface area contributed by atoms with Crippen molar-refractivity contribution in [1.82, 2.24) is 10.2 Å². The first kappa shape index (κ1) is 29.0. The molecule has 0 aliphatic carbocycles. The molecule has 198 valence electrons. The first-order valence-corrected chi connectivity index (χ1v) is 13.3. The Kier molecular flexibility index (Phi) is 10.2. The van der Waals surface area contributed by atoms with Gasteiger partial charge in [-0.2, -0.15) is 0 Å². The van der Waals surface area contributed by atoms with Crippen molar-refractivity contribution in [3.63, 3.8) is 0 Å². The van der Waals surface area contributed by atoms with Gasteiger partial charge in [-0.1, -0.05) is 32.9 Å². The zero-order valence-corrected chi connectivity index (χ0v) is 21.9. The molecule has 0 spiro atoms. The van der Waals surface area contributed by atoms with Gasteiger partial charge in [0.15, 0.2) is 11.6 Å². The zero-order valence-electron chi connectivity index (χ0n) is 21.1. The zero-order chi connectivity index (χ0) is 27.0. The van der Waals surface area contributed by atoms with Crippen LogP contribution in [-0.2, 0) is 26.2 Å². The summed E-state index contributed by atoms with van der Waals surface area (Å²) in [6.07, 6.45) is 1.14. The molecule has 0 fully saturated rings. The van der Waals surface area contributed by atoms with Crippen LogP contribution in [0.5, 0.6) is 5.75 Å². The van der Waals surface area contributed by atoms with Crippen molar-refractivity contribution in [2.24, 2.45) is 5.92 Å². The van der Waals surface area contributed by atoms with E-state index in [0.29, 0.717) is 28.2 Å². The molecule has 8 nitrogen and oxygen atoms in total. The van der Waals surface area contributed by atoms with Gasteiger partial charge in [-0.15, -0.1) is 0 Å². The van der Waals surface area contributed by atoms with Gasteiger partial charge in [0.1, 0.15) is 18.3 Å². The predicted octanol–water partition coefficient (Wildman–Crippen LogP) is 3.32. The van der Waals surface area contributed by atoms with E-state index in [1.807, 2.05) is 13.8 Å². The molecule has 1 atom stereocenters. The van der Waals surface area contributed by atoms with Gasteiger partial charge in [-0.05, 0) is 42.2 Å². The number of halogens is 2. The Bertz CT molecular complexity index is 1160. The monoisotopic (exact) mass is 525 g/mol. The van der Waals surface area contributed by atoms with Crippen LogP contribution in [0.15, 0.2) is 42.5 Å². The molecule has 2 rings (SSSR count). The van der Waals surface area contributed by atoms with Gasteiger partial charge in [0, 0.05) is 19.2 Å². The van der Waals surface area contributed by atoms with E-state index in [2.05, 4.69) is 5.32 Å². The maximum Gasteiger partial charge on any atom is 0.244 e. The van der Waals surface area contributed by atoms with E-state index < -0.39 is 40.2 Å². The van der Waals surface area contributed by atoms with Crippen LogP contribution in [0, 0.1) is 17.6 Å². The Hall–Kier alpha value is -3.21. The molecule has 0 heterocycles. The third-order valence-corrected chi connectivity index (χ3v) is 6.59. The number of carbonyl (C=O) groups is 2. The highest BCUT2D eigenvalue weighted by Gasteiger charge is 2.32. The molecule has 11 heteroatoms. The predicted molar refractivity (Wildman–Crippen MR) is 134 cm³/mol. The maximum atomic E-state index is 13.9. The standard InChI is InChI=1S/C25H33F2N3O5S/c1-6-23(25(32)28-14-17(2)3)29(15-18-7-10-20(35-4)11-8-18)24(31)16-30(36(5,33)34)19-9-12-21(26)22(27)13-19/h7-13,17,23H,6,14-16H2,1-5H3,(H,28,32)/t23-/m1/s1. The Balaban J connectivity index is 2.43. The Morgan fingerprint density at radius 3 is 2.19 bits per heavy atom. The van der Waals surface area contributed by atoms with Gasteiger partial charge in [0.05, 0.1) is 19.1 Å². The molecule has 2 aromatic rings. The van der Waals surface area contributed by atoms with E-state index >= 15 is 0 Å². The number of hydrogen-bond acceptors (Lipinski definition) is 5. The summed E-state index contributed by atoms with van der Waals surface area (Å²) in [5.41, 5.74) is 0.490. The second-order valence-electron chi connectivity index (χ2n) is 8.80. The highest BCUT2D eigenvalue weighted by molar-refractivity contribution is 7.92. The number of ether oxygens (including phenoxy) is 1. The molecule has 1 N–H and O–H groups in total.